The molecular formula is C11H11FO3. The minimum absolute atomic E-state index is 0.330. The summed E-state index contributed by atoms with van der Waals surface area (Å²) >= 11 is 0. The van der Waals surface area contributed by atoms with E-state index in [0.29, 0.717) is 13.0 Å². The summed E-state index contributed by atoms with van der Waals surface area (Å²) in [5.41, 5.74) is 0.723. The molecule has 4 heteroatoms. The van der Waals surface area contributed by atoms with Gasteiger partial charge in [0.15, 0.2) is 0 Å². The molecule has 1 N–H and O–H groups in total. The van der Waals surface area contributed by atoms with Gasteiger partial charge in [-0.3, -0.25) is 4.79 Å². The van der Waals surface area contributed by atoms with Gasteiger partial charge in [-0.2, -0.15) is 0 Å². The van der Waals surface area contributed by atoms with Crippen LogP contribution in [0.25, 0.3) is 0 Å². The van der Waals surface area contributed by atoms with Gasteiger partial charge >= 0.3 is 5.97 Å². The van der Waals surface area contributed by atoms with Gasteiger partial charge in [0.2, 0.25) is 0 Å². The predicted molar refractivity (Wildman–Crippen MR) is 50.8 cm³/mol. The van der Waals surface area contributed by atoms with Crippen molar-refractivity contribution in [3.8, 4) is 0 Å². The molecule has 80 valence electrons. The first-order chi connectivity index (χ1) is 7.18. The molecule has 2 rings (SSSR count). The lowest BCUT2D eigenvalue weighted by molar-refractivity contribution is -0.143. The van der Waals surface area contributed by atoms with Crippen LogP contribution in [0.3, 0.4) is 0 Å². The summed E-state index contributed by atoms with van der Waals surface area (Å²) in [5.74, 6) is -1.71. The highest BCUT2D eigenvalue weighted by atomic mass is 19.1. The van der Waals surface area contributed by atoms with Crippen molar-refractivity contribution in [2.75, 3.05) is 6.61 Å². The highest BCUT2D eigenvalue weighted by molar-refractivity contribution is 5.71. The van der Waals surface area contributed by atoms with Crippen LogP contribution in [0.15, 0.2) is 24.3 Å². The molecule has 1 aromatic rings. The zero-order valence-corrected chi connectivity index (χ0v) is 8.02. The molecule has 0 spiro atoms. The number of hydrogen-bond acceptors (Lipinski definition) is 2. The molecule has 1 fully saturated rings. The molecule has 1 aliphatic heterocycles. The van der Waals surface area contributed by atoms with E-state index >= 15 is 0 Å². The molecule has 0 bridgehead atoms. The molecule has 3 nitrogen and oxygen atoms in total. The highest BCUT2D eigenvalue weighted by Crippen LogP contribution is 2.34. The zero-order valence-electron chi connectivity index (χ0n) is 8.02. The molecule has 1 heterocycles. The zero-order chi connectivity index (χ0) is 10.8. The quantitative estimate of drug-likeness (QED) is 0.811. The molecular weight excluding hydrogens is 199 g/mol. The Morgan fingerprint density at radius 3 is 2.67 bits per heavy atom. The fraction of sp³-hybridized carbons (Fsp3) is 0.364. The van der Waals surface area contributed by atoms with Gasteiger partial charge in [-0.25, -0.2) is 4.39 Å². The molecule has 0 aromatic heterocycles. The SMILES string of the molecule is O=C(O)C1CCOC1c1ccc(F)cc1. The standard InChI is InChI=1S/C11H11FO3/c12-8-3-1-7(2-4-8)10-9(11(13)14)5-6-15-10/h1-4,9-10H,5-6H2,(H,13,14). The Morgan fingerprint density at radius 1 is 1.40 bits per heavy atom. The number of benzene rings is 1. The first kappa shape index (κ1) is 10.1. The van der Waals surface area contributed by atoms with E-state index < -0.39 is 18.0 Å². The monoisotopic (exact) mass is 210 g/mol. The molecule has 1 saturated heterocycles. The number of halogens is 1. The number of carboxylic acids is 1. The van der Waals surface area contributed by atoms with E-state index in [1.807, 2.05) is 0 Å². The van der Waals surface area contributed by atoms with Crippen LogP contribution in [-0.4, -0.2) is 17.7 Å². The predicted octanol–water partition coefficient (Wildman–Crippen LogP) is 1.99. The van der Waals surface area contributed by atoms with E-state index in [0.717, 1.165) is 5.56 Å². The van der Waals surface area contributed by atoms with Gasteiger partial charge in [0, 0.05) is 6.61 Å². The summed E-state index contributed by atoms with van der Waals surface area (Å²) in [6, 6.07) is 5.77. The Hall–Kier alpha value is -1.42. The van der Waals surface area contributed by atoms with Gasteiger partial charge in [0.05, 0.1) is 12.0 Å². The van der Waals surface area contributed by atoms with E-state index in [9.17, 15) is 9.18 Å². The molecule has 0 aliphatic carbocycles. The van der Waals surface area contributed by atoms with Crippen molar-refractivity contribution in [3.05, 3.63) is 35.6 Å². The molecule has 0 amide bonds. The number of carboxylic acid groups (broad SMARTS) is 1. The van der Waals surface area contributed by atoms with Crippen LogP contribution < -0.4 is 0 Å². The minimum Gasteiger partial charge on any atom is -0.481 e. The Bertz CT molecular complexity index is 361. The summed E-state index contributed by atoms with van der Waals surface area (Å²) < 4.78 is 18.0. The van der Waals surface area contributed by atoms with Gasteiger partial charge in [-0.15, -0.1) is 0 Å². The summed E-state index contributed by atoms with van der Waals surface area (Å²) in [5, 5.41) is 8.95. The van der Waals surface area contributed by atoms with Gasteiger partial charge in [0.1, 0.15) is 5.82 Å². The molecule has 1 aliphatic rings. The lowest BCUT2D eigenvalue weighted by Gasteiger charge is -2.14. The molecule has 1 aromatic carbocycles. The number of carbonyl (C=O) groups is 1. The summed E-state index contributed by atoms with van der Waals surface area (Å²) in [6.45, 7) is 0.443. The van der Waals surface area contributed by atoms with Crippen LogP contribution in [0.4, 0.5) is 4.39 Å². The van der Waals surface area contributed by atoms with Crippen molar-refractivity contribution in [1.82, 2.24) is 0 Å². The third kappa shape index (κ3) is 1.99. The van der Waals surface area contributed by atoms with Crippen molar-refractivity contribution in [2.24, 2.45) is 5.92 Å². The molecule has 2 atom stereocenters. The maximum Gasteiger partial charge on any atom is 0.309 e. The minimum atomic E-state index is -0.859. The third-order valence-electron chi connectivity index (χ3n) is 2.61. The largest absolute Gasteiger partial charge is 0.481 e. The van der Waals surface area contributed by atoms with Crippen molar-refractivity contribution >= 4 is 5.97 Å². The Labute approximate surface area is 86.5 Å². The first-order valence-electron chi connectivity index (χ1n) is 4.78. The Balaban J connectivity index is 2.22. The number of hydrogen-bond donors (Lipinski definition) is 1. The molecule has 2 unspecified atom stereocenters. The van der Waals surface area contributed by atoms with E-state index in [4.69, 9.17) is 9.84 Å². The first-order valence-corrected chi connectivity index (χ1v) is 4.78. The van der Waals surface area contributed by atoms with Crippen molar-refractivity contribution in [3.63, 3.8) is 0 Å². The summed E-state index contributed by atoms with van der Waals surface area (Å²) in [4.78, 5) is 10.9. The van der Waals surface area contributed by atoms with Gasteiger partial charge in [-0.05, 0) is 24.1 Å². The third-order valence-corrected chi connectivity index (χ3v) is 2.61. The second kappa shape index (κ2) is 3.98. The maximum absolute atomic E-state index is 12.7. The second-order valence-corrected chi connectivity index (χ2v) is 3.58. The van der Waals surface area contributed by atoms with Crippen LogP contribution in [0.5, 0.6) is 0 Å². The van der Waals surface area contributed by atoms with E-state index in [2.05, 4.69) is 0 Å². The van der Waals surface area contributed by atoms with Crippen molar-refractivity contribution in [1.29, 1.82) is 0 Å². The number of aliphatic carboxylic acids is 1. The smallest absolute Gasteiger partial charge is 0.309 e. The fourth-order valence-electron chi connectivity index (χ4n) is 1.82. The van der Waals surface area contributed by atoms with Gasteiger partial charge in [-0.1, -0.05) is 12.1 Å². The normalized spacial score (nSPS) is 25.4. The fourth-order valence-corrected chi connectivity index (χ4v) is 1.82. The highest BCUT2D eigenvalue weighted by Gasteiger charge is 2.34. The van der Waals surface area contributed by atoms with Gasteiger partial charge < -0.3 is 9.84 Å². The van der Waals surface area contributed by atoms with Crippen LogP contribution in [0, 0.1) is 11.7 Å². The topological polar surface area (TPSA) is 46.5 Å². The lowest BCUT2D eigenvalue weighted by atomic mass is 9.95. The van der Waals surface area contributed by atoms with Crippen LogP contribution in [-0.2, 0) is 9.53 Å². The Kier molecular flexibility index (Phi) is 2.68. The van der Waals surface area contributed by atoms with Crippen LogP contribution >= 0.6 is 0 Å². The Morgan fingerprint density at radius 2 is 2.07 bits per heavy atom. The van der Waals surface area contributed by atoms with Crippen LogP contribution in [0.2, 0.25) is 0 Å². The van der Waals surface area contributed by atoms with E-state index in [1.165, 1.54) is 12.1 Å². The maximum atomic E-state index is 12.7. The number of rotatable bonds is 2. The van der Waals surface area contributed by atoms with Crippen LogP contribution in [0.1, 0.15) is 18.1 Å². The molecule has 0 radical (unpaired) electrons. The summed E-state index contributed by atoms with van der Waals surface area (Å²) in [7, 11) is 0. The van der Waals surface area contributed by atoms with E-state index in [-0.39, 0.29) is 5.82 Å². The molecule has 15 heavy (non-hydrogen) atoms. The van der Waals surface area contributed by atoms with Crippen molar-refractivity contribution in [2.45, 2.75) is 12.5 Å². The molecule has 0 saturated carbocycles. The van der Waals surface area contributed by atoms with Crippen molar-refractivity contribution < 1.29 is 19.0 Å². The summed E-state index contributed by atoms with van der Waals surface area (Å²) in [6.07, 6.45) is 0.0697. The van der Waals surface area contributed by atoms with Gasteiger partial charge in [0.25, 0.3) is 0 Å². The average Bonchev–Trinajstić information content (AvgIpc) is 2.67. The number of ether oxygens (including phenoxy) is 1. The van der Waals surface area contributed by atoms with E-state index in [1.54, 1.807) is 12.1 Å². The lowest BCUT2D eigenvalue weighted by Crippen LogP contribution is -2.17. The average molecular weight is 210 g/mol. The second-order valence-electron chi connectivity index (χ2n) is 3.58.